The highest BCUT2D eigenvalue weighted by Crippen LogP contribution is 2.34. The van der Waals surface area contributed by atoms with Gasteiger partial charge >= 0.3 is 0 Å². The first-order chi connectivity index (χ1) is 13.6. The number of carbonyl (C=O) groups excluding carboxylic acids is 1. The lowest BCUT2D eigenvalue weighted by molar-refractivity contribution is 0.102. The Morgan fingerprint density at radius 1 is 1.18 bits per heavy atom. The van der Waals surface area contributed by atoms with Crippen molar-refractivity contribution in [3.05, 3.63) is 59.8 Å². The van der Waals surface area contributed by atoms with Crippen molar-refractivity contribution in [3.63, 3.8) is 0 Å². The van der Waals surface area contributed by atoms with Crippen LogP contribution in [-0.4, -0.2) is 37.4 Å². The highest BCUT2D eigenvalue weighted by atomic mass is 32.2. The number of pyridine rings is 1. The van der Waals surface area contributed by atoms with Crippen molar-refractivity contribution >= 4 is 34.5 Å². The summed E-state index contributed by atoms with van der Waals surface area (Å²) < 4.78 is 1.41. The molecule has 8 heteroatoms. The molecule has 0 radical (unpaired) electrons. The van der Waals surface area contributed by atoms with Crippen LogP contribution in [0.15, 0.2) is 53.6 Å². The highest BCUT2D eigenvalue weighted by Gasteiger charge is 2.19. The van der Waals surface area contributed by atoms with Crippen molar-refractivity contribution in [2.24, 2.45) is 7.05 Å². The fourth-order valence-corrected chi connectivity index (χ4v) is 3.58. The summed E-state index contributed by atoms with van der Waals surface area (Å²) in [6.07, 6.45) is 3.82. The van der Waals surface area contributed by atoms with Gasteiger partial charge in [-0.25, -0.2) is 4.68 Å². The van der Waals surface area contributed by atoms with E-state index in [1.807, 2.05) is 31.4 Å². The zero-order valence-electron chi connectivity index (χ0n) is 15.7. The van der Waals surface area contributed by atoms with E-state index in [4.69, 9.17) is 0 Å². The Morgan fingerprint density at radius 3 is 2.64 bits per heavy atom. The second-order valence-electron chi connectivity index (χ2n) is 6.31. The molecule has 0 unspecified atom stereocenters. The predicted molar refractivity (Wildman–Crippen MR) is 110 cm³/mol. The third kappa shape index (κ3) is 3.22. The summed E-state index contributed by atoms with van der Waals surface area (Å²) in [6, 6.07) is 14.0. The molecule has 0 aliphatic rings. The van der Waals surface area contributed by atoms with Crippen molar-refractivity contribution < 1.29 is 4.79 Å². The van der Waals surface area contributed by atoms with Crippen molar-refractivity contribution in [2.75, 3.05) is 11.6 Å². The third-order valence-electron chi connectivity index (χ3n) is 4.62. The van der Waals surface area contributed by atoms with E-state index in [1.165, 1.54) is 9.58 Å². The molecule has 2 aromatic heterocycles. The molecule has 2 aromatic carbocycles. The van der Waals surface area contributed by atoms with Crippen LogP contribution in [0.25, 0.3) is 22.0 Å². The summed E-state index contributed by atoms with van der Waals surface area (Å²) in [6.45, 7) is 1.94. The van der Waals surface area contributed by atoms with Crippen molar-refractivity contribution in [3.8, 4) is 11.1 Å². The number of amides is 1. The molecule has 0 bridgehead atoms. The van der Waals surface area contributed by atoms with Gasteiger partial charge in [0.25, 0.3) is 5.91 Å². The highest BCUT2D eigenvalue weighted by molar-refractivity contribution is 7.98. The average molecular weight is 390 g/mol. The fourth-order valence-electron chi connectivity index (χ4n) is 3.17. The minimum absolute atomic E-state index is 0.261. The topological polar surface area (TPSA) is 85.6 Å². The minimum Gasteiger partial charge on any atom is -0.289 e. The molecule has 4 rings (SSSR count). The zero-order chi connectivity index (χ0) is 19.7. The largest absolute Gasteiger partial charge is 0.289 e. The van der Waals surface area contributed by atoms with Crippen LogP contribution < -0.4 is 5.32 Å². The maximum atomic E-state index is 13.0. The Balaban J connectivity index is 1.87. The Kier molecular flexibility index (Phi) is 4.79. The summed E-state index contributed by atoms with van der Waals surface area (Å²) in [4.78, 5) is 18.7. The lowest BCUT2D eigenvalue weighted by atomic mass is 9.92. The molecule has 0 atom stereocenters. The van der Waals surface area contributed by atoms with Crippen LogP contribution in [0, 0.1) is 6.92 Å². The van der Waals surface area contributed by atoms with Gasteiger partial charge in [-0.15, -0.1) is 11.8 Å². The van der Waals surface area contributed by atoms with Gasteiger partial charge in [-0.05, 0) is 59.0 Å². The SMILES string of the molecule is CSc1ccc(-c2c(C)c(C(=O)Nc3nnnn3C)cc3cccnc23)cc1. The Labute approximate surface area is 166 Å². The summed E-state index contributed by atoms with van der Waals surface area (Å²) in [5.41, 5.74) is 4.26. The van der Waals surface area contributed by atoms with E-state index in [9.17, 15) is 4.79 Å². The molecule has 7 nitrogen and oxygen atoms in total. The van der Waals surface area contributed by atoms with E-state index in [2.05, 4.69) is 50.1 Å². The molecule has 0 aliphatic carbocycles. The van der Waals surface area contributed by atoms with Crippen molar-refractivity contribution in [1.82, 2.24) is 25.2 Å². The standard InChI is InChI=1S/C20H18N6OS/c1-12-16(19(27)22-20-23-24-25-26(20)2)11-14-5-4-10-21-18(14)17(12)13-6-8-15(28-3)9-7-13/h4-11H,1-3H3,(H,22,23,25,27). The number of thioether (sulfide) groups is 1. The van der Waals surface area contributed by atoms with Gasteiger partial charge in [-0.2, -0.15) is 0 Å². The lowest BCUT2D eigenvalue weighted by Gasteiger charge is -2.15. The number of tetrazole rings is 1. The van der Waals surface area contributed by atoms with Gasteiger partial charge in [0, 0.05) is 34.7 Å². The van der Waals surface area contributed by atoms with Crippen LogP contribution in [-0.2, 0) is 7.05 Å². The molecule has 0 saturated heterocycles. The first kappa shape index (κ1) is 18.1. The number of nitrogens with zero attached hydrogens (tertiary/aromatic N) is 5. The van der Waals surface area contributed by atoms with Crippen LogP contribution in [0.3, 0.4) is 0 Å². The van der Waals surface area contributed by atoms with Gasteiger partial charge in [-0.1, -0.05) is 23.3 Å². The Bertz CT molecular complexity index is 1170. The number of aryl methyl sites for hydroxylation is 1. The molecule has 1 N–H and O–H groups in total. The molecular weight excluding hydrogens is 372 g/mol. The first-order valence-electron chi connectivity index (χ1n) is 8.65. The van der Waals surface area contributed by atoms with Gasteiger partial charge in [0.1, 0.15) is 0 Å². The molecule has 0 aliphatic heterocycles. The normalized spacial score (nSPS) is 11.0. The minimum atomic E-state index is -0.261. The van der Waals surface area contributed by atoms with E-state index in [0.717, 1.165) is 27.6 Å². The molecule has 28 heavy (non-hydrogen) atoms. The van der Waals surface area contributed by atoms with Crippen LogP contribution in [0.2, 0.25) is 0 Å². The number of anilines is 1. The molecule has 4 aromatic rings. The second-order valence-corrected chi connectivity index (χ2v) is 7.19. The maximum Gasteiger partial charge on any atom is 0.258 e. The smallest absolute Gasteiger partial charge is 0.258 e. The molecule has 140 valence electrons. The second kappa shape index (κ2) is 7.40. The summed E-state index contributed by atoms with van der Waals surface area (Å²) >= 11 is 1.69. The first-order valence-corrected chi connectivity index (χ1v) is 9.87. The number of benzene rings is 2. The quantitative estimate of drug-likeness (QED) is 0.535. The Morgan fingerprint density at radius 2 is 1.96 bits per heavy atom. The van der Waals surface area contributed by atoms with E-state index >= 15 is 0 Å². The van der Waals surface area contributed by atoms with Gasteiger partial charge in [-0.3, -0.25) is 15.1 Å². The number of aromatic nitrogens is 5. The fraction of sp³-hybridized carbons (Fsp3) is 0.150. The number of hydrogen-bond donors (Lipinski definition) is 1. The number of fused-ring (bicyclic) bond motifs is 1. The molecule has 0 spiro atoms. The Hall–Kier alpha value is -3.26. The average Bonchev–Trinajstić information content (AvgIpc) is 3.12. The molecular formula is C20H18N6OS. The van der Waals surface area contributed by atoms with E-state index in [0.29, 0.717) is 11.5 Å². The summed E-state index contributed by atoms with van der Waals surface area (Å²) in [5.74, 6) is 0.0321. The molecule has 0 fully saturated rings. The van der Waals surface area contributed by atoms with Gasteiger partial charge in [0.05, 0.1) is 5.52 Å². The number of nitrogens with one attached hydrogen (secondary N) is 1. The van der Waals surface area contributed by atoms with Crippen LogP contribution in [0.4, 0.5) is 5.95 Å². The molecule has 0 saturated carbocycles. The van der Waals surface area contributed by atoms with E-state index in [1.54, 1.807) is 25.0 Å². The van der Waals surface area contributed by atoms with Crippen molar-refractivity contribution in [2.45, 2.75) is 11.8 Å². The van der Waals surface area contributed by atoms with Gasteiger partial charge in [0.2, 0.25) is 5.95 Å². The summed E-state index contributed by atoms with van der Waals surface area (Å²) in [5, 5.41) is 14.8. The van der Waals surface area contributed by atoms with Crippen LogP contribution in [0.1, 0.15) is 15.9 Å². The molecule has 1 amide bonds. The zero-order valence-corrected chi connectivity index (χ0v) is 16.5. The summed E-state index contributed by atoms with van der Waals surface area (Å²) in [7, 11) is 1.67. The third-order valence-corrected chi connectivity index (χ3v) is 5.37. The van der Waals surface area contributed by atoms with Gasteiger partial charge < -0.3 is 0 Å². The number of carbonyl (C=O) groups is 1. The van der Waals surface area contributed by atoms with Gasteiger partial charge in [0.15, 0.2) is 0 Å². The van der Waals surface area contributed by atoms with Crippen molar-refractivity contribution in [1.29, 1.82) is 0 Å². The number of rotatable bonds is 4. The monoisotopic (exact) mass is 390 g/mol. The lowest BCUT2D eigenvalue weighted by Crippen LogP contribution is -2.17. The van der Waals surface area contributed by atoms with E-state index in [-0.39, 0.29) is 5.91 Å². The van der Waals surface area contributed by atoms with Crippen LogP contribution in [0.5, 0.6) is 0 Å². The predicted octanol–water partition coefficient (Wildman–Crippen LogP) is 3.71. The molecule has 2 heterocycles. The van der Waals surface area contributed by atoms with E-state index < -0.39 is 0 Å². The maximum absolute atomic E-state index is 13.0. The van der Waals surface area contributed by atoms with Crippen LogP contribution >= 0.6 is 11.8 Å². The number of hydrogen-bond acceptors (Lipinski definition) is 6.